The molecule has 0 atom stereocenters. The number of carbonyl (C=O) groups is 1. The Morgan fingerprint density at radius 1 is 1.19 bits per heavy atom. The highest BCUT2D eigenvalue weighted by Gasteiger charge is 2.14. The first-order valence-electron chi connectivity index (χ1n) is 6.35. The SMILES string of the molecule is Nc1ccc(Br)cc1C(=O)NCc1ccc2c(c1)OCO2. The number of nitrogens with two attached hydrogens (primary N) is 1. The molecule has 1 amide bonds. The molecule has 0 unspecified atom stereocenters. The lowest BCUT2D eigenvalue weighted by Crippen LogP contribution is -2.23. The van der Waals surface area contributed by atoms with E-state index in [9.17, 15) is 4.79 Å². The number of nitrogen functional groups attached to an aromatic ring is 1. The van der Waals surface area contributed by atoms with Crippen molar-refractivity contribution >= 4 is 27.5 Å². The fourth-order valence-electron chi connectivity index (χ4n) is 2.05. The minimum atomic E-state index is -0.216. The van der Waals surface area contributed by atoms with Crippen LogP contribution >= 0.6 is 15.9 Å². The average Bonchev–Trinajstić information content (AvgIpc) is 2.94. The molecule has 1 aliphatic heterocycles. The van der Waals surface area contributed by atoms with Crippen LogP contribution in [-0.2, 0) is 6.54 Å². The number of hydrogen-bond acceptors (Lipinski definition) is 4. The summed E-state index contributed by atoms with van der Waals surface area (Å²) in [6, 6.07) is 10.8. The van der Waals surface area contributed by atoms with Gasteiger partial charge in [-0.25, -0.2) is 0 Å². The number of ether oxygens (including phenoxy) is 2. The van der Waals surface area contributed by atoms with E-state index in [0.717, 1.165) is 15.8 Å². The van der Waals surface area contributed by atoms with Gasteiger partial charge in [-0.15, -0.1) is 0 Å². The summed E-state index contributed by atoms with van der Waals surface area (Å²) >= 11 is 3.33. The minimum absolute atomic E-state index is 0.216. The molecule has 0 saturated heterocycles. The molecule has 5 nitrogen and oxygen atoms in total. The Bertz CT molecular complexity index is 703. The second-order valence-corrected chi connectivity index (χ2v) is 5.52. The Balaban J connectivity index is 1.70. The predicted octanol–water partition coefficient (Wildman–Crippen LogP) is 2.69. The summed E-state index contributed by atoms with van der Waals surface area (Å²) in [6.45, 7) is 0.626. The number of fused-ring (bicyclic) bond motifs is 1. The summed E-state index contributed by atoms with van der Waals surface area (Å²) in [5, 5.41) is 2.84. The second kappa shape index (κ2) is 5.65. The summed E-state index contributed by atoms with van der Waals surface area (Å²) in [5.74, 6) is 1.21. The van der Waals surface area contributed by atoms with Crippen molar-refractivity contribution in [2.45, 2.75) is 6.54 Å². The first-order valence-corrected chi connectivity index (χ1v) is 7.14. The summed E-state index contributed by atoms with van der Waals surface area (Å²) < 4.78 is 11.4. The molecule has 108 valence electrons. The molecule has 0 aliphatic carbocycles. The van der Waals surface area contributed by atoms with Crippen LogP contribution in [-0.4, -0.2) is 12.7 Å². The van der Waals surface area contributed by atoms with Crippen molar-refractivity contribution in [2.24, 2.45) is 0 Å². The fraction of sp³-hybridized carbons (Fsp3) is 0.133. The molecule has 0 radical (unpaired) electrons. The second-order valence-electron chi connectivity index (χ2n) is 4.60. The normalized spacial score (nSPS) is 12.2. The largest absolute Gasteiger partial charge is 0.454 e. The van der Waals surface area contributed by atoms with Crippen LogP contribution in [0.5, 0.6) is 11.5 Å². The van der Waals surface area contributed by atoms with Crippen LogP contribution in [0, 0.1) is 0 Å². The van der Waals surface area contributed by atoms with E-state index in [-0.39, 0.29) is 12.7 Å². The van der Waals surface area contributed by atoms with E-state index >= 15 is 0 Å². The van der Waals surface area contributed by atoms with Gasteiger partial charge in [-0.1, -0.05) is 22.0 Å². The number of carbonyl (C=O) groups excluding carboxylic acids is 1. The van der Waals surface area contributed by atoms with Gasteiger partial charge < -0.3 is 20.5 Å². The lowest BCUT2D eigenvalue weighted by atomic mass is 10.1. The highest BCUT2D eigenvalue weighted by molar-refractivity contribution is 9.10. The number of amides is 1. The third-order valence-electron chi connectivity index (χ3n) is 3.15. The van der Waals surface area contributed by atoms with Gasteiger partial charge in [-0.3, -0.25) is 4.79 Å². The zero-order valence-electron chi connectivity index (χ0n) is 11.1. The number of hydrogen-bond donors (Lipinski definition) is 2. The molecule has 0 spiro atoms. The van der Waals surface area contributed by atoms with E-state index in [4.69, 9.17) is 15.2 Å². The Kier molecular flexibility index (Phi) is 3.70. The quantitative estimate of drug-likeness (QED) is 0.836. The smallest absolute Gasteiger partial charge is 0.253 e. The molecule has 2 aromatic rings. The first-order chi connectivity index (χ1) is 10.1. The summed E-state index contributed by atoms with van der Waals surface area (Å²) in [5.41, 5.74) is 7.64. The lowest BCUT2D eigenvalue weighted by molar-refractivity contribution is 0.0951. The van der Waals surface area contributed by atoms with Crippen LogP contribution in [0.3, 0.4) is 0 Å². The van der Waals surface area contributed by atoms with Crippen LogP contribution < -0.4 is 20.5 Å². The summed E-state index contributed by atoms with van der Waals surface area (Å²) in [4.78, 5) is 12.2. The Morgan fingerprint density at radius 3 is 2.86 bits per heavy atom. The molecular formula is C15H13BrN2O3. The van der Waals surface area contributed by atoms with Gasteiger partial charge in [0.05, 0.1) is 5.56 Å². The van der Waals surface area contributed by atoms with E-state index in [2.05, 4.69) is 21.2 Å². The van der Waals surface area contributed by atoms with Gasteiger partial charge >= 0.3 is 0 Å². The van der Waals surface area contributed by atoms with Gasteiger partial charge in [0, 0.05) is 16.7 Å². The molecule has 0 fully saturated rings. The van der Waals surface area contributed by atoms with Gasteiger partial charge in [-0.2, -0.15) is 0 Å². The van der Waals surface area contributed by atoms with E-state index in [0.29, 0.717) is 23.5 Å². The zero-order chi connectivity index (χ0) is 14.8. The molecule has 3 rings (SSSR count). The monoisotopic (exact) mass is 348 g/mol. The standard InChI is InChI=1S/C15H13BrN2O3/c16-10-2-3-12(17)11(6-10)15(19)18-7-9-1-4-13-14(5-9)21-8-20-13/h1-6H,7-8,17H2,(H,18,19). The topological polar surface area (TPSA) is 73.6 Å². The summed E-state index contributed by atoms with van der Waals surface area (Å²) in [6.07, 6.45) is 0. The Labute approximate surface area is 130 Å². The van der Waals surface area contributed by atoms with Gasteiger partial charge in [0.2, 0.25) is 6.79 Å². The van der Waals surface area contributed by atoms with Gasteiger partial charge in [0.15, 0.2) is 11.5 Å². The van der Waals surface area contributed by atoms with Crippen molar-refractivity contribution in [1.82, 2.24) is 5.32 Å². The van der Waals surface area contributed by atoms with Gasteiger partial charge in [-0.05, 0) is 35.9 Å². The van der Waals surface area contributed by atoms with Crippen molar-refractivity contribution in [3.63, 3.8) is 0 Å². The Morgan fingerprint density at radius 2 is 2.00 bits per heavy atom. The lowest BCUT2D eigenvalue weighted by Gasteiger charge is -2.08. The van der Waals surface area contributed by atoms with E-state index in [1.54, 1.807) is 18.2 Å². The van der Waals surface area contributed by atoms with Crippen molar-refractivity contribution in [3.05, 3.63) is 52.0 Å². The number of halogens is 1. The highest BCUT2D eigenvalue weighted by atomic mass is 79.9. The van der Waals surface area contributed by atoms with Crippen molar-refractivity contribution in [2.75, 3.05) is 12.5 Å². The van der Waals surface area contributed by atoms with E-state index in [1.165, 1.54) is 0 Å². The van der Waals surface area contributed by atoms with Crippen molar-refractivity contribution < 1.29 is 14.3 Å². The predicted molar refractivity (Wildman–Crippen MR) is 82.3 cm³/mol. The number of anilines is 1. The number of rotatable bonds is 3. The molecule has 3 N–H and O–H groups in total. The molecular weight excluding hydrogens is 336 g/mol. The molecule has 6 heteroatoms. The maximum Gasteiger partial charge on any atom is 0.253 e. The van der Waals surface area contributed by atoms with Crippen molar-refractivity contribution in [1.29, 1.82) is 0 Å². The zero-order valence-corrected chi connectivity index (χ0v) is 12.6. The molecule has 1 aliphatic rings. The minimum Gasteiger partial charge on any atom is -0.454 e. The van der Waals surface area contributed by atoms with E-state index < -0.39 is 0 Å². The molecule has 21 heavy (non-hydrogen) atoms. The van der Waals surface area contributed by atoms with Crippen LogP contribution in [0.4, 0.5) is 5.69 Å². The van der Waals surface area contributed by atoms with Crippen LogP contribution in [0.2, 0.25) is 0 Å². The van der Waals surface area contributed by atoms with Crippen LogP contribution in [0.15, 0.2) is 40.9 Å². The molecule has 0 saturated carbocycles. The van der Waals surface area contributed by atoms with E-state index in [1.807, 2.05) is 18.2 Å². The third kappa shape index (κ3) is 2.95. The molecule has 1 heterocycles. The fourth-order valence-corrected chi connectivity index (χ4v) is 2.41. The average molecular weight is 349 g/mol. The molecule has 0 aromatic heterocycles. The maximum absolute atomic E-state index is 12.2. The first kappa shape index (κ1) is 13.8. The Hall–Kier alpha value is -2.21. The highest BCUT2D eigenvalue weighted by Crippen LogP contribution is 2.32. The van der Waals surface area contributed by atoms with Crippen LogP contribution in [0.25, 0.3) is 0 Å². The maximum atomic E-state index is 12.2. The molecule has 0 bridgehead atoms. The summed E-state index contributed by atoms with van der Waals surface area (Å²) in [7, 11) is 0. The van der Waals surface area contributed by atoms with Crippen molar-refractivity contribution in [3.8, 4) is 11.5 Å². The molecule has 2 aromatic carbocycles. The number of nitrogens with one attached hydrogen (secondary N) is 1. The third-order valence-corrected chi connectivity index (χ3v) is 3.64. The van der Waals surface area contributed by atoms with Gasteiger partial charge in [0.25, 0.3) is 5.91 Å². The van der Waals surface area contributed by atoms with Gasteiger partial charge in [0.1, 0.15) is 0 Å². The number of benzene rings is 2. The van der Waals surface area contributed by atoms with Crippen LogP contribution in [0.1, 0.15) is 15.9 Å².